The number of fused-ring (bicyclic) bond motifs is 2. The predicted molar refractivity (Wildman–Crippen MR) is 139 cm³/mol. The van der Waals surface area contributed by atoms with Crippen molar-refractivity contribution in [3.05, 3.63) is 93.7 Å². The summed E-state index contributed by atoms with van der Waals surface area (Å²) in [6.45, 7) is 2.05. The van der Waals surface area contributed by atoms with Crippen LogP contribution in [0.25, 0.3) is 0 Å². The number of esters is 2. The van der Waals surface area contributed by atoms with Gasteiger partial charge >= 0.3 is 18.0 Å². The Kier molecular flexibility index (Phi) is 7.44. The van der Waals surface area contributed by atoms with Crippen LogP contribution >= 0.6 is 0 Å². The summed E-state index contributed by atoms with van der Waals surface area (Å²) in [5.41, 5.74) is -1.07. The minimum Gasteiger partial charge on any atom is -0.461 e. The molecule has 1 saturated carbocycles. The second-order valence-electron chi connectivity index (χ2n) is 9.72. The molecule has 3 aliphatic rings. The number of carbonyl (C=O) groups is 3. The molecule has 3 aromatic rings. The van der Waals surface area contributed by atoms with Crippen molar-refractivity contribution in [2.75, 3.05) is 6.61 Å². The van der Waals surface area contributed by atoms with Crippen molar-refractivity contribution >= 4 is 18.0 Å². The second kappa shape index (κ2) is 11.1. The molecule has 0 radical (unpaired) electrons. The van der Waals surface area contributed by atoms with E-state index in [1.807, 2.05) is 30.3 Å². The number of nitrogens with one attached hydrogen (secondary N) is 1. The second-order valence-corrected chi connectivity index (χ2v) is 9.72. The van der Waals surface area contributed by atoms with Crippen LogP contribution in [-0.2, 0) is 28.2 Å². The fraction of sp³-hybridized carbons (Fsp3) is 0.345. The third kappa shape index (κ3) is 5.41. The van der Waals surface area contributed by atoms with Crippen LogP contribution in [0.15, 0.2) is 65.5 Å². The van der Waals surface area contributed by atoms with Crippen LogP contribution in [0.3, 0.4) is 0 Å². The molecule has 0 unspecified atom stereocenters. The Balaban J connectivity index is 1.52. The zero-order valence-electron chi connectivity index (χ0n) is 21.6. The van der Waals surface area contributed by atoms with Gasteiger partial charge in [-0.2, -0.15) is 0 Å². The number of carbonyl (C=O) groups excluding carboxylic acids is 3. The van der Waals surface area contributed by atoms with E-state index in [1.54, 1.807) is 37.3 Å². The van der Waals surface area contributed by atoms with Gasteiger partial charge in [-0.15, -0.1) is 0 Å². The smallest absolute Gasteiger partial charge is 0.408 e. The lowest BCUT2D eigenvalue weighted by atomic mass is 9.77. The van der Waals surface area contributed by atoms with Gasteiger partial charge in [0.1, 0.15) is 18.0 Å². The van der Waals surface area contributed by atoms with E-state index < -0.39 is 40.6 Å². The van der Waals surface area contributed by atoms with Crippen LogP contribution in [-0.4, -0.2) is 34.2 Å². The number of benzene rings is 2. The van der Waals surface area contributed by atoms with E-state index in [0.717, 1.165) is 18.4 Å². The Morgan fingerprint density at radius 2 is 1.64 bits per heavy atom. The van der Waals surface area contributed by atoms with Crippen molar-refractivity contribution in [1.29, 1.82) is 0 Å². The zero-order chi connectivity index (χ0) is 27.4. The average Bonchev–Trinajstić information content (AvgIpc) is 3.20. The number of rotatable bonds is 7. The summed E-state index contributed by atoms with van der Waals surface area (Å²) < 4.78 is 17.5. The lowest BCUT2D eigenvalue weighted by Crippen LogP contribution is -2.50. The van der Waals surface area contributed by atoms with Gasteiger partial charge in [-0.05, 0) is 56.2 Å². The molecule has 0 saturated heterocycles. The quantitative estimate of drug-likeness (QED) is 0.454. The number of amides is 1. The first-order valence-electron chi connectivity index (χ1n) is 13.0. The van der Waals surface area contributed by atoms with Crippen molar-refractivity contribution in [1.82, 2.24) is 14.9 Å². The van der Waals surface area contributed by atoms with E-state index in [0.29, 0.717) is 19.4 Å². The monoisotopic (exact) mass is 531 g/mol. The summed E-state index contributed by atoms with van der Waals surface area (Å²) in [6, 6.07) is 17.4. The molecule has 1 amide bonds. The molecule has 2 bridgehead atoms. The number of hydrogen-bond donors (Lipinski definition) is 1. The molecule has 10 nitrogen and oxygen atoms in total. The SMILES string of the molecule is CCOC(=O)c1nc2n(c(=O)c1OC(=O)c1ccccc1)CC1CCC2(NC(=O)OCc2ccccc2)CC1. The minimum atomic E-state index is -1.04. The van der Waals surface area contributed by atoms with Crippen molar-refractivity contribution in [2.24, 2.45) is 5.92 Å². The third-order valence-corrected chi connectivity index (χ3v) is 7.18. The fourth-order valence-corrected chi connectivity index (χ4v) is 5.20. The van der Waals surface area contributed by atoms with E-state index in [-0.39, 0.29) is 30.5 Å². The van der Waals surface area contributed by atoms with Crippen LogP contribution in [0.2, 0.25) is 0 Å². The van der Waals surface area contributed by atoms with Gasteiger partial charge in [-0.3, -0.25) is 9.36 Å². The molecule has 2 aromatic carbocycles. The van der Waals surface area contributed by atoms with Gasteiger partial charge in [0, 0.05) is 6.54 Å². The molecule has 1 fully saturated rings. The fourth-order valence-electron chi connectivity index (χ4n) is 5.20. The van der Waals surface area contributed by atoms with Gasteiger partial charge in [-0.1, -0.05) is 48.5 Å². The van der Waals surface area contributed by atoms with Crippen molar-refractivity contribution < 1.29 is 28.6 Å². The molecule has 202 valence electrons. The van der Waals surface area contributed by atoms with Crippen LogP contribution in [0.4, 0.5) is 4.79 Å². The summed E-state index contributed by atoms with van der Waals surface area (Å²) in [7, 11) is 0. The highest BCUT2D eigenvalue weighted by molar-refractivity contribution is 5.94. The summed E-state index contributed by atoms with van der Waals surface area (Å²) in [5, 5.41) is 2.95. The number of hydrogen-bond acceptors (Lipinski definition) is 8. The molecule has 3 heterocycles. The lowest BCUT2D eigenvalue weighted by molar-refractivity contribution is 0.0510. The molecule has 1 aromatic heterocycles. The van der Waals surface area contributed by atoms with Crippen LogP contribution in [0, 0.1) is 5.92 Å². The Labute approximate surface area is 224 Å². The van der Waals surface area contributed by atoms with Crippen molar-refractivity contribution in [3.8, 4) is 5.75 Å². The van der Waals surface area contributed by atoms with Gasteiger partial charge in [0.15, 0.2) is 5.69 Å². The molecule has 10 heteroatoms. The van der Waals surface area contributed by atoms with Crippen molar-refractivity contribution in [2.45, 2.75) is 51.3 Å². The van der Waals surface area contributed by atoms with Crippen LogP contribution in [0.1, 0.15) is 64.8 Å². The third-order valence-electron chi connectivity index (χ3n) is 7.18. The first-order valence-corrected chi connectivity index (χ1v) is 13.0. The summed E-state index contributed by atoms with van der Waals surface area (Å²) in [6.07, 6.45) is 1.83. The van der Waals surface area contributed by atoms with Gasteiger partial charge in [-0.25, -0.2) is 19.4 Å². The Hall–Kier alpha value is -4.47. The maximum atomic E-state index is 13.8. The van der Waals surface area contributed by atoms with Gasteiger partial charge in [0.05, 0.1) is 12.2 Å². The maximum Gasteiger partial charge on any atom is 0.408 e. The molecule has 6 rings (SSSR count). The molecule has 39 heavy (non-hydrogen) atoms. The summed E-state index contributed by atoms with van der Waals surface area (Å²) in [5.74, 6) is -1.79. The number of alkyl carbamates (subject to hydrolysis) is 1. The summed E-state index contributed by atoms with van der Waals surface area (Å²) >= 11 is 0. The Morgan fingerprint density at radius 3 is 2.31 bits per heavy atom. The molecule has 0 atom stereocenters. The normalized spacial score (nSPS) is 19.4. The maximum absolute atomic E-state index is 13.8. The van der Waals surface area contributed by atoms with Gasteiger partial charge in [0.25, 0.3) is 5.56 Å². The first-order chi connectivity index (χ1) is 18.9. The van der Waals surface area contributed by atoms with E-state index in [4.69, 9.17) is 14.2 Å². The molecule has 0 spiro atoms. The van der Waals surface area contributed by atoms with Crippen LogP contribution < -0.4 is 15.6 Å². The van der Waals surface area contributed by atoms with Crippen molar-refractivity contribution in [3.63, 3.8) is 0 Å². The molecular formula is C29H29N3O7. The Bertz CT molecular complexity index is 1430. The van der Waals surface area contributed by atoms with E-state index in [2.05, 4.69) is 10.3 Å². The molecule has 1 aliphatic carbocycles. The predicted octanol–water partition coefficient (Wildman–Crippen LogP) is 3.96. The van der Waals surface area contributed by atoms with Gasteiger partial charge < -0.3 is 19.5 Å². The number of ether oxygens (including phenoxy) is 3. The highest BCUT2D eigenvalue weighted by Crippen LogP contribution is 2.43. The van der Waals surface area contributed by atoms with E-state index in [1.165, 1.54) is 4.57 Å². The largest absolute Gasteiger partial charge is 0.461 e. The van der Waals surface area contributed by atoms with Gasteiger partial charge in [0.2, 0.25) is 5.75 Å². The number of aromatic nitrogens is 2. The summed E-state index contributed by atoms with van der Waals surface area (Å²) in [4.78, 5) is 57.1. The molecular weight excluding hydrogens is 502 g/mol. The number of nitrogens with zero attached hydrogens (tertiary/aromatic N) is 2. The zero-order valence-corrected chi connectivity index (χ0v) is 21.6. The average molecular weight is 532 g/mol. The highest BCUT2D eigenvalue weighted by atomic mass is 16.6. The minimum absolute atomic E-state index is 0.0300. The molecule has 2 aliphatic heterocycles. The first kappa shape index (κ1) is 26.1. The topological polar surface area (TPSA) is 126 Å². The van der Waals surface area contributed by atoms with E-state index >= 15 is 0 Å². The van der Waals surface area contributed by atoms with E-state index in [9.17, 15) is 19.2 Å². The standard InChI is InChI=1S/C29H29N3O7/c1-2-37-26(35)22-23(39-25(34)21-11-7-4-8-12-21)24(33)32-17-19-13-15-29(16-14-19,27(32)30-22)31-28(36)38-18-20-9-5-3-6-10-20/h3-12,19H,2,13-18H2,1H3,(H,31,36). The van der Waals surface area contributed by atoms with Crippen LogP contribution in [0.5, 0.6) is 5.75 Å². The Morgan fingerprint density at radius 1 is 0.974 bits per heavy atom. The highest BCUT2D eigenvalue weighted by Gasteiger charge is 2.46. The lowest BCUT2D eigenvalue weighted by Gasteiger charge is -2.36. The molecule has 1 N–H and O–H groups in total.